The van der Waals surface area contributed by atoms with Crippen LogP contribution in [0.25, 0.3) is 66.9 Å². The molecule has 0 atom stereocenters. The summed E-state index contributed by atoms with van der Waals surface area (Å²) in [7, 11) is -0.538. The fourth-order valence-electron chi connectivity index (χ4n) is 6.76. The first kappa shape index (κ1) is 30.9. The first-order valence-electron chi connectivity index (χ1n) is 16.9. The molecule has 1 saturated heterocycles. The van der Waals surface area contributed by atoms with Crippen LogP contribution in [-0.2, 0) is 9.31 Å². The van der Waals surface area contributed by atoms with Crippen LogP contribution in [0.5, 0.6) is 0 Å². The molecule has 0 saturated carbocycles. The SMILES string of the molecule is CC1(C)OB(c2ccc(-c3ccccc3-c3nc(-c4ccccc4)c4ccccc4n3)c(-c3ccccc3)c2-c2ccccc2)OC1(C)C. The Kier molecular flexibility index (Phi) is 7.75. The van der Waals surface area contributed by atoms with Crippen molar-refractivity contribution in [2.45, 2.75) is 38.9 Å². The Labute approximate surface area is 288 Å². The summed E-state index contributed by atoms with van der Waals surface area (Å²) in [6.07, 6.45) is 0. The highest BCUT2D eigenvalue weighted by molar-refractivity contribution is 6.64. The molecule has 0 aliphatic carbocycles. The van der Waals surface area contributed by atoms with Crippen LogP contribution < -0.4 is 5.46 Å². The highest BCUT2D eigenvalue weighted by atomic mass is 16.7. The summed E-state index contributed by atoms with van der Waals surface area (Å²) < 4.78 is 13.4. The average molecular weight is 637 g/mol. The first-order valence-corrected chi connectivity index (χ1v) is 16.9. The molecule has 238 valence electrons. The van der Waals surface area contributed by atoms with Gasteiger partial charge in [0, 0.05) is 16.5 Å². The summed E-state index contributed by atoms with van der Waals surface area (Å²) in [5, 5.41) is 1.03. The van der Waals surface area contributed by atoms with Crippen LogP contribution in [0.15, 0.2) is 152 Å². The first-order chi connectivity index (χ1) is 23.8. The maximum atomic E-state index is 6.70. The molecule has 1 aliphatic heterocycles. The second-order valence-corrected chi connectivity index (χ2v) is 13.6. The lowest BCUT2D eigenvalue weighted by Gasteiger charge is -2.32. The van der Waals surface area contributed by atoms with Crippen molar-refractivity contribution in [3.63, 3.8) is 0 Å². The van der Waals surface area contributed by atoms with Crippen molar-refractivity contribution in [3.8, 4) is 56.0 Å². The fourth-order valence-corrected chi connectivity index (χ4v) is 6.76. The molecular weight excluding hydrogens is 599 g/mol. The van der Waals surface area contributed by atoms with Crippen molar-refractivity contribution < 1.29 is 9.31 Å². The summed E-state index contributed by atoms with van der Waals surface area (Å²) in [6, 6.07) is 52.7. The fraction of sp³-hybridized carbons (Fsp3) is 0.136. The van der Waals surface area contributed by atoms with Gasteiger partial charge in [-0.1, -0.05) is 146 Å². The van der Waals surface area contributed by atoms with E-state index in [0.29, 0.717) is 5.82 Å². The Balaban J connectivity index is 1.41. The molecule has 6 aromatic carbocycles. The number of benzene rings is 6. The van der Waals surface area contributed by atoms with E-state index in [1.165, 1.54) is 0 Å². The quantitative estimate of drug-likeness (QED) is 0.171. The highest BCUT2D eigenvalue weighted by Gasteiger charge is 2.52. The van der Waals surface area contributed by atoms with Gasteiger partial charge in [0.2, 0.25) is 0 Å². The van der Waals surface area contributed by atoms with Crippen LogP contribution in [0.1, 0.15) is 27.7 Å². The zero-order chi connectivity index (χ0) is 33.6. The standard InChI is InChI=1S/C44H37BN2O2/c1-43(2)44(3,4)49-45(48-43)37-29-28-34(39(30-18-8-5-9-19-30)40(37)31-20-10-6-11-21-31)33-24-14-15-25-35(33)42-46-38-27-17-16-26-36(38)41(47-42)32-22-12-7-13-23-32/h5-29H,1-4H3. The van der Waals surface area contributed by atoms with Crippen LogP contribution >= 0.6 is 0 Å². The van der Waals surface area contributed by atoms with E-state index in [-0.39, 0.29) is 0 Å². The van der Waals surface area contributed by atoms with Crippen molar-refractivity contribution in [1.82, 2.24) is 9.97 Å². The van der Waals surface area contributed by atoms with Gasteiger partial charge >= 0.3 is 7.12 Å². The molecular formula is C44H37BN2O2. The summed E-state index contributed by atoms with van der Waals surface area (Å²) in [5.41, 5.74) is 10.4. The monoisotopic (exact) mass is 636 g/mol. The molecule has 0 N–H and O–H groups in total. The van der Waals surface area contributed by atoms with Crippen molar-refractivity contribution in [2.75, 3.05) is 0 Å². The maximum absolute atomic E-state index is 6.70. The number of rotatable bonds is 6. The lowest BCUT2D eigenvalue weighted by atomic mass is 9.70. The van der Waals surface area contributed by atoms with Crippen LogP contribution in [-0.4, -0.2) is 28.3 Å². The van der Waals surface area contributed by atoms with E-state index in [1.807, 2.05) is 18.2 Å². The molecule has 0 spiro atoms. The second-order valence-electron chi connectivity index (χ2n) is 13.6. The Morgan fingerprint density at radius 3 is 1.59 bits per heavy atom. The lowest BCUT2D eigenvalue weighted by molar-refractivity contribution is 0.00578. The topological polar surface area (TPSA) is 44.2 Å². The van der Waals surface area contributed by atoms with Crippen LogP contribution in [0.2, 0.25) is 0 Å². The van der Waals surface area contributed by atoms with Gasteiger partial charge in [-0.25, -0.2) is 9.97 Å². The van der Waals surface area contributed by atoms with Crippen LogP contribution in [0.4, 0.5) is 0 Å². The van der Waals surface area contributed by atoms with Crippen molar-refractivity contribution in [1.29, 1.82) is 0 Å². The summed E-state index contributed by atoms with van der Waals surface area (Å²) in [6.45, 7) is 8.41. The lowest BCUT2D eigenvalue weighted by Crippen LogP contribution is -2.41. The number of hydrogen-bond acceptors (Lipinski definition) is 4. The predicted molar refractivity (Wildman–Crippen MR) is 202 cm³/mol. The molecule has 5 heteroatoms. The normalized spacial score (nSPS) is 15.1. The summed E-state index contributed by atoms with van der Waals surface area (Å²) in [5.74, 6) is 0.684. The van der Waals surface area contributed by atoms with Gasteiger partial charge in [-0.2, -0.15) is 0 Å². The van der Waals surface area contributed by atoms with E-state index in [2.05, 4.69) is 161 Å². The molecule has 0 bridgehead atoms. The molecule has 8 rings (SSSR count). The molecule has 1 aliphatic rings. The molecule has 7 aromatic rings. The van der Waals surface area contributed by atoms with Gasteiger partial charge in [0.1, 0.15) is 0 Å². The third kappa shape index (κ3) is 5.55. The molecule has 0 amide bonds. The van der Waals surface area contributed by atoms with Gasteiger partial charge in [-0.3, -0.25) is 0 Å². The Morgan fingerprint density at radius 2 is 0.959 bits per heavy atom. The van der Waals surface area contributed by atoms with Crippen molar-refractivity contribution in [3.05, 3.63) is 152 Å². The third-order valence-corrected chi connectivity index (χ3v) is 9.98. The second kappa shape index (κ2) is 12.3. The third-order valence-electron chi connectivity index (χ3n) is 9.98. The van der Waals surface area contributed by atoms with E-state index in [4.69, 9.17) is 19.3 Å². The van der Waals surface area contributed by atoms with E-state index in [1.54, 1.807) is 0 Å². The largest absolute Gasteiger partial charge is 0.495 e. The van der Waals surface area contributed by atoms with Crippen LogP contribution in [0, 0.1) is 0 Å². The number of fused-ring (bicyclic) bond motifs is 1. The van der Waals surface area contributed by atoms with Gasteiger partial charge in [-0.05, 0) is 72.6 Å². The molecule has 2 heterocycles. The van der Waals surface area contributed by atoms with E-state index in [0.717, 1.165) is 66.6 Å². The molecule has 0 unspecified atom stereocenters. The van der Waals surface area contributed by atoms with Gasteiger partial charge in [-0.15, -0.1) is 0 Å². The summed E-state index contributed by atoms with van der Waals surface area (Å²) >= 11 is 0. The van der Waals surface area contributed by atoms with Crippen LogP contribution in [0.3, 0.4) is 0 Å². The molecule has 0 radical (unpaired) electrons. The van der Waals surface area contributed by atoms with E-state index < -0.39 is 18.3 Å². The number of aromatic nitrogens is 2. The van der Waals surface area contributed by atoms with Gasteiger partial charge in [0.25, 0.3) is 0 Å². The minimum absolute atomic E-state index is 0.478. The Bertz CT molecular complexity index is 2270. The number of para-hydroxylation sites is 1. The molecule has 49 heavy (non-hydrogen) atoms. The molecule has 1 fully saturated rings. The van der Waals surface area contributed by atoms with Crippen molar-refractivity contribution in [2.24, 2.45) is 0 Å². The zero-order valence-corrected chi connectivity index (χ0v) is 28.2. The minimum atomic E-state index is -0.538. The Hall–Kier alpha value is -5.36. The number of hydrogen-bond donors (Lipinski definition) is 0. The van der Waals surface area contributed by atoms with Crippen molar-refractivity contribution >= 4 is 23.5 Å². The average Bonchev–Trinajstić information content (AvgIpc) is 3.37. The predicted octanol–water partition coefficient (Wildman–Crippen LogP) is 10.3. The maximum Gasteiger partial charge on any atom is 0.495 e. The molecule has 4 nitrogen and oxygen atoms in total. The smallest absolute Gasteiger partial charge is 0.399 e. The van der Waals surface area contributed by atoms with Gasteiger partial charge in [0.05, 0.1) is 22.4 Å². The van der Waals surface area contributed by atoms with E-state index in [9.17, 15) is 0 Å². The minimum Gasteiger partial charge on any atom is -0.399 e. The Morgan fingerprint density at radius 1 is 0.449 bits per heavy atom. The highest BCUT2D eigenvalue weighted by Crippen LogP contribution is 2.44. The van der Waals surface area contributed by atoms with Gasteiger partial charge < -0.3 is 9.31 Å². The molecule has 1 aromatic heterocycles. The number of nitrogens with zero attached hydrogens (tertiary/aromatic N) is 2. The van der Waals surface area contributed by atoms with E-state index >= 15 is 0 Å². The summed E-state index contributed by atoms with van der Waals surface area (Å²) in [4.78, 5) is 10.4. The zero-order valence-electron chi connectivity index (χ0n) is 28.2. The van der Waals surface area contributed by atoms with Gasteiger partial charge in [0.15, 0.2) is 5.82 Å².